The topological polar surface area (TPSA) is 78.8 Å². The van der Waals surface area contributed by atoms with Crippen molar-refractivity contribution in [3.05, 3.63) is 53.6 Å². The van der Waals surface area contributed by atoms with Gasteiger partial charge in [0.2, 0.25) is 0 Å². The number of benzene rings is 2. The highest BCUT2D eigenvalue weighted by Gasteiger charge is 2.24. The van der Waals surface area contributed by atoms with Crippen LogP contribution in [-0.4, -0.2) is 22.7 Å². The first-order valence-corrected chi connectivity index (χ1v) is 6.70. The van der Waals surface area contributed by atoms with E-state index < -0.39 is 0 Å². The van der Waals surface area contributed by atoms with Crippen LogP contribution in [0.1, 0.15) is 28.4 Å². The molecule has 1 amide bonds. The normalized spacial score (nSPS) is 16.7. The van der Waals surface area contributed by atoms with Crippen molar-refractivity contribution < 1.29 is 19.7 Å². The molecule has 1 heterocycles. The number of amides is 1. The monoisotopic (exact) mass is 285 g/mol. The van der Waals surface area contributed by atoms with Crippen molar-refractivity contribution >= 4 is 5.91 Å². The van der Waals surface area contributed by atoms with Gasteiger partial charge in [-0.1, -0.05) is 18.2 Å². The smallest absolute Gasteiger partial charge is 0.255 e. The van der Waals surface area contributed by atoms with Gasteiger partial charge < -0.3 is 20.3 Å². The molecule has 0 fully saturated rings. The van der Waals surface area contributed by atoms with Crippen LogP contribution in [0, 0.1) is 0 Å². The van der Waals surface area contributed by atoms with Gasteiger partial charge in [0, 0.05) is 18.1 Å². The number of nitrogens with one attached hydrogen (secondary N) is 1. The molecule has 3 N–H and O–H groups in total. The van der Waals surface area contributed by atoms with Gasteiger partial charge in [-0.05, 0) is 18.2 Å². The first kappa shape index (κ1) is 13.3. The van der Waals surface area contributed by atoms with E-state index in [-0.39, 0.29) is 29.0 Å². The van der Waals surface area contributed by atoms with Gasteiger partial charge in [0.25, 0.3) is 5.91 Å². The summed E-state index contributed by atoms with van der Waals surface area (Å²) < 4.78 is 5.55. The Balaban J connectivity index is 1.83. The van der Waals surface area contributed by atoms with E-state index in [4.69, 9.17) is 4.74 Å². The largest absolute Gasteiger partial charge is 0.508 e. The molecule has 5 nitrogen and oxygen atoms in total. The molecule has 2 aromatic carbocycles. The highest BCUT2D eigenvalue weighted by atomic mass is 16.5. The SMILES string of the molecule is O=C(NC1CCOc2ccccc21)c1ccc(O)cc1O. The molecule has 0 aromatic heterocycles. The maximum atomic E-state index is 12.3. The Kier molecular flexibility index (Phi) is 3.39. The number of para-hydroxylation sites is 1. The lowest BCUT2D eigenvalue weighted by Crippen LogP contribution is -2.32. The van der Waals surface area contributed by atoms with E-state index in [1.165, 1.54) is 12.1 Å². The molecule has 1 aliphatic rings. The zero-order valence-electron chi connectivity index (χ0n) is 11.2. The average Bonchev–Trinajstić information content (AvgIpc) is 2.47. The lowest BCUT2D eigenvalue weighted by molar-refractivity contribution is 0.0922. The second-order valence-electron chi connectivity index (χ2n) is 4.90. The van der Waals surface area contributed by atoms with Gasteiger partial charge >= 0.3 is 0 Å². The third kappa shape index (κ3) is 2.63. The number of carbonyl (C=O) groups is 1. The number of phenolic OH excluding ortho intramolecular Hbond substituents is 2. The Morgan fingerprint density at radius 1 is 1.19 bits per heavy atom. The number of hydrogen-bond acceptors (Lipinski definition) is 4. The summed E-state index contributed by atoms with van der Waals surface area (Å²) in [6, 6.07) is 11.3. The molecule has 0 saturated carbocycles. The molecule has 0 aliphatic carbocycles. The molecule has 1 atom stereocenters. The lowest BCUT2D eigenvalue weighted by atomic mass is 10.00. The number of fused-ring (bicyclic) bond motifs is 1. The van der Waals surface area contributed by atoms with Crippen LogP contribution in [0.4, 0.5) is 0 Å². The van der Waals surface area contributed by atoms with Crippen LogP contribution in [0.15, 0.2) is 42.5 Å². The molecule has 2 aromatic rings. The van der Waals surface area contributed by atoms with E-state index in [1.807, 2.05) is 24.3 Å². The Morgan fingerprint density at radius 3 is 2.81 bits per heavy atom. The van der Waals surface area contributed by atoms with E-state index in [2.05, 4.69) is 5.32 Å². The highest BCUT2D eigenvalue weighted by molar-refractivity contribution is 5.97. The van der Waals surface area contributed by atoms with Crippen LogP contribution in [0.25, 0.3) is 0 Å². The fraction of sp³-hybridized carbons (Fsp3) is 0.188. The van der Waals surface area contributed by atoms with Crippen molar-refractivity contribution in [1.82, 2.24) is 5.32 Å². The first-order chi connectivity index (χ1) is 10.1. The predicted molar refractivity (Wildman–Crippen MR) is 76.5 cm³/mol. The highest BCUT2D eigenvalue weighted by Crippen LogP contribution is 2.32. The van der Waals surface area contributed by atoms with Crippen molar-refractivity contribution in [3.63, 3.8) is 0 Å². The van der Waals surface area contributed by atoms with E-state index in [0.717, 1.165) is 17.4 Å². The van der Waals surface area contributed by atoms with Gasteiger partial charge in [-0.15, -0.1) is 0 Å². The minimum atomic E-state index is -0.380. The molecule has 1 unspecified atom stereocenters. The number of hydrogen-bond donors (Lipinski definition) is 3. The molecule has 3 rings (SSSR count). The summed E-state index contributed by atoms with van der Waals surface area (Å²) in [6.07, 6.45) is 0.668. The average molecular weight is 285 g/mol. The van der Waals surface area contributed by atoms with Crippen molar-refractivity contribution in [2.75, 3.05) is 6.61 Å². The maximum Gasteiger partial charge on any atom is 0.255 e. The van der Waals surface area contributed by atoms with Crippen LogP contribution in [0.5, 0.6) is 17.2 Å². The standard InChI is InChI=1S/C16H15NO4/c18-10-5-6-12(14(19)9-10)16(20)17-13-7-8-21-15-4-2-1-3-11(13)15/h1-6,9,13,18-19H,7-8H2,(H,17,20). The summed E-state index contributed by atoms with van der Waals surface area (Å²) in [4.78, 5) is 12.3. The van der Waals surface area contributed by atoms with Gasteiger partial charge in [-0.25, -0.2) is 0 Å². The summed E-state index contributed by atoms with van der Waals surface area (Å²) in [6.45, 7) is 0.531. The van der Waals surface area contributed by atoms with Gasteiger partial charge in [0.15, 0.2) is 0 Å². The minimum Gasteiger partial charge on any atom is -0.508 e. The molecule has 0 bridgehead atoms. The van der Waals surface area contributed by atoms with Crippen LogP contribution in [-0.2, 0) is 0 Å². The van der Waals surface area contributed by atoms with Crippen LogP contribution in [0.3, 0.4) is 0 Å². The Bertz CT molecular complexity index is 684. The lowest BCUT2D eigenvalue weighted by Gasteiger charge is -2.26. The Morgan fingerprint density at radius 2 is 2.00 bits per heavy atom. The fourth-order valence-corrected chi connectivity index (χ4v) is 2.44. The number of carbonyl (C=O) groups excluding carboxylic acids is 1. The Labute approximate surface area is 121 Å². The second kappa shape index (κ2) is 5.36. The number of ether oxygens (including phenoxy) is 1. The van der Waals surface area contributed by atoms with Gasteiger partial charge in [-0.3, -0.25) is 4.79 Å². The van der Waals surface area contributed by atoms with Crippen molar-refractivity contribution in [3.8, 4) is 17.2 Å². The number of rotatable bonds is 2. The molecular weight excluding hydrogens is 270 g/mol. The third-order valence-corrected chi connectivity index (χ3v) is 3.49. The molecule has 0 spiro atoms. The fourth-order valence-electron chi connectivity index (χ4n) is 2.44. The molecule has 108 valence electrons. The summed E-state index contributed by atoms with van der Waals surface area (Å²) in [7, 11) is 0. The predicted octanol–water partition coefficient (Wildman–Crippen LogP) is 2.35. The summed E-state index contributed by atoms with van der Waals surface area (Å²) in [5.41, 5.74) is 1.06. The van der Waals surface area contributed by atoms with Crippen molar-refractivity contribution in [2.45, 2.75) is 12.5 Å². The summed E-state index contributed by atoms with van der Waals surface area (Å²) >= 11 is 0. The van der Waals surface area contributed by atoms with Crippen molar-refractivity contribution in [2.24, 2.45) is 0 Å². The molecule has 0 saturated heterocycles. The number of aromatic hydroxyl groups is 2. The van der Waals surface area contributed by atoms with Gasteiger partial charge in [-0.2, -0.15) is 0 Å². The van der Waals surface area contributed by atoms with E-state index in [1.54, 1.807) is 0 Å². The van der Waals surface area contributed by atoms with Crippen molar-refractivity contribution in [1.29, 1.82) is 0 Å². The zero-order chi connectivity index (χ0) is 14.8. The molecule has 1 aliphatic heterocycles. The van der Waals surface area contributed by atoms with Gasteiger partial charge in [0.05, 0.1) is 18.2 Å². The molecule has 21 heavy (non-hydrogen) atoms. The van der Waals surface area contributed by atoms with Gasteiger partial charge in [0.1, 0.15) is 17.2 Å². The van der Waals surface area contributed by atoms with E-state index in [9.17, 15) is 15.0 Å². The summed E-state index contributed by atoms with van der Waals surface area (Å²) in [5.74, 6) is 0.0616. The van der Waals surface area contributed by atoms with Crippen LogP contribution >= 0.6 is 0 Å². The first-order valence-electron chi connectivity index (χ1n) is 6.70. The molecular formula is C16H15NO4. The maximum absolute atomic E-state index is 12.3. The zero-order valence-corrected chi connectivity index (χ0v) is 11.2. The van der Waals surface area contributed by atoms with E-state index in [0.29, 0.717) is 13.0 Å². The number of phenols is 2. The third-order valence-electron chi connectivity index (χ3n) is 3.49. The summed E-state index contributed by atoms with van der Waals surface area (Å²) in [5, 5.41) is 21.9. The quantitative estimate of drug-likeness (QED) is 0.791. The molecule has 5 heteroatoms. The minimum absolute atomic E-state index is 0.0829. The van der Waals surface area contributed by atoms with Crippen LogP contribution in [0.2, 0.25) is 0 Å². The molecule has 0 radical (unpaired) electrons. The van der Waals surface area contributed by atoms with Crippen LogP contribution < -0.4 is 10.1 Å². The van der Waals surface area contributed by atoms with E-state index >= 15 is 0 Å². The Hall–Kier alpha value is -2.69. The second-order valence-corrected chi connectivity index (χ2v) is 4.90.